The van der Waals surface area contributed by atoms with Crippen LogP contribution >= 0.6 is 0 Å². The number of hydrogen-bond donors (Lipinski definition) is 1. The quantitative estimate of drug-likeness (QED) is 0.507. The lowest BCUT2D eigenvalue weighted by Crippen LogP contribution is -2.60. The van der Waals surface area contributed by atoms with Crippen LogP contribution in [0.3, 0.4) is 0 Å². The highest BCUT2D eigenvalue weighted by molar-refractivity contribution is 5.98. The number of amides is 4. The number of carbonyl (C=O) groups excluding carboxylic acids is 3. The molecule has 2 saturated heterocycles. The Hall–Kier alpha value is -3.95. The molecule has 5 rings (SSSR count). The van der Waals surface area contributed by atoms with Crippen molar-refractivity contribution in [1.82, 2.24) is 15.1 Å². The molecule has 0 radical (unpaired) electrons. The van der Waals surface area contributed by atoms with Crippen molar-refractivity contribution < 1.29 is 19.3 Å². The third-order valence-electron chi connectivity index (χ3n) is 7.44. The lowest BCUT2D eigenvalue weighted by Gasteiger charge is -2.40. The molecule has 188 valence electrons. The molecule has 2 aromatic rings. The number of imide groups is 1. The molecular weight excluding hydrogens is 462 g/mol. The number of nitrogens with zero attached hydrogens (tertiary/aromatic N) is 4. The van der Waals surface area contributed by atoms with Gasteiger partial charge >= 0.3 is 6.03 Å². The van der Waals surface area contributed by atoms with Crippen LogP contribution in [0.25, 0.3) is 0 Å². The first-order valence-corrected chi connectivity index (χ1v) is 12.4. The molecule has 4 amide bonds. The summed E-state index contributed by atoms with van der Waals surface area (Å²) in [5.74, 6) is -0.307. The molecule has 0 spiro atoms. The van der Waals surface area contributed by atoms with E-state index in [-0.39, 0.29) is 42.0 Å². The summed E-state index contributed by atoms with van der Waals surface area (Å²) in [6, 6.07) is 13.1. The molecule has 10 heteroatoms. The molecule has 36 heavy (non-hydrogen) atoms. The molecule has 1 N–H and O–H groups in total. The number of fused-ring (bicyclic) bond motifs is 1. The number of nitro groups is 1. The Labute approximate surface area is 209 Å². The van der Waals surface area contributed by atoms with Crippen molar-refractivity contribution in [2.75, 3.05) is 31.1 Å². The summed E-state index contributed by atoms with van der Waals surface area (Å²) in [6.45, 7) is 2.55. The van der Waals surface area contributed by atoms with E-state index in [2.05, 4.69) is 10.2 Å². The van der Waals surface area contributed by atoms with Crippen molar-refractivity contribution in [2.45, 2.75) is 38.3 Å². The minimum Gasteiger partial charge on any atom is -0.368 e. The monoisotopic (exact) mass is 491 g/mol. The van der Waals surface area contributed by atoms with E-state index in [1.54, 1.807) is 41.3 Å². The summed E-state index contributed by atoms with van der Waals surface area (Å²) in [6.07, 6.45) is 3.71. The number of carbonyl (C=O) groups is 3. The maximum Gasteiger partial charge on any atom is 0.324 e. The zero-order valence-electron chi connectivity index (χ0n) is 20.0. The second kappa shape index (κ2) is 9.96. The number of piperazine rings is 1. The standard InChI is InChI=1S/C26H29N5O5/c32-24(29-15-13-28(14-16-29)20-9-11-21(12-10-20)31(35)36)19-7-5-18(6-8-19)17-30-25(33)22-3-1-2-4-23(22)27-26(30)34/h5-12,22-23H,1-4,13-17H2,(H,27,34). The van der Waals surface area contributed by atoms with Gasteiger partial charge in [-0.3, -0.25) is 24.6 Å². The van der Waals surface area contributed by atoms with Gasteiger partial charge in [0.1, 0.15) is 0 Å². The van der Waals surface area contributed by atoms with E-state index < -0.39 is 4.92 Å². The molecule has 2 atom stereocenters. The van der Waals surface area contributed by atoms with Crippen LogP contribution in [0, 0.1) is 16.0 Å². The third-order valence-corrected chi connectivity index (χ3v) is 7.44. The highest BCUT2D eigenvalue weighted by atomic mass is 16.6. The predicted octanol–water partition coefficient (Wildman–Crippen LogP) is 3.17. The number of non-ortho nitro benzene ring substituents is 1. The van der Waals surface area contributed by atoms with Crippen LogP contribution in [-0.2, 0) is 11.3 Å². The van der Waals surface area contributed by atoms with Crippen molar-refractivity contribution in [3.63, 3.8) is 0 Å². The lowest BCUT2D eigenvalue weighted by atomic mass is 9.82. The van der Waals surface area contributed by atoms with Crippen molar-refractivity contribution in [2.24, 2.45) is 5.92 Å². The van der Waals surface area contributed by atoms with E-state index in [1.807, 2.05) is 0 Å². The summed E-state index contributed by atoms with van der Waals surface area (Å²) in [4.78, 5) is 54.1. The largest absolute Gasteiger partial charge is 0.368 e. The first kappa shape index (κ1) is 23.8. The van der Waals surface area contributed by atoms with Crippen LogP contribution < -0.4 is 10.2 Å². The van der Waals surface area contributed by atoms with Gasteiger partial charge in [0.2, 0.25) is 5.91 Å². The maximum absolute atomic E-state index is 13.0. The fraction of sp³-hybridized carbons (Fsp3) is 0.423. The van der Waals surface area contributed by atoms with Gasteiger partial charge < -0.3 is 15.1 Å². The second-order valence-corrected chi connectivity index (χ2v) is 9.62. The van der Waals surface area contributed by atoms with E-state index in [0.29, 0.717) is 31.7 Å². The minimum atomic E-state index is -0.420. The molecule has 1 aliphatic carbocycles. The molecule has 3 fully saturated rings. The van der Waals surface area contributed by atoms with Gasteiger partial charge in [-0.15, -0.1) is 0 Å². The number of nitro benzene ring substituents is 1. The van der Waals surface area contributed by atoms with Crippen molar-refractivity contribution in [1.29, 1.82) is 0 Å². The number of rotatable bonds is 5. The van der Waals surface area contributed by atoms with E-state index in [0.717, 1.165) is 36.9 Å². The molecule has 10 nitrogen and oxygen atoms in total. The van der Waals surface area contributed by atoms with Gasteiger partial charge in [-0.25, -0.2) is 4.79 Å². The fourth-order valence-corrected chi connectivity index (χ4v) is 5.36. The van der Waals surface area contributed by atoms with Gasteiger partial charge in [0.05, 0.1) is 17.4 Å². The van der Waals surface area contributed by atoms with Crippen LogP contribution in [0.5, 0.6) is 0 Å². The van der Waals surface area contributed by atoms with Gasteiger partial charge in [0.25, 0.3) is 11.6 Å². The van der Waals surface area contributed by atoms with Crippen LogP contribution in [0.2, 0.25) is 0 Å². The fourth-order valence-electron chi connectivity index (χ4n) is 5.36. The summed E-state index contributed by atoms with van der Waals surface area (Å²) in [5.41, 5.74) is 2.31. The topological polar surface area (TPSA) is 116 Å². The number of urea groups is 1. The molecule has 2 unspecified atom stereocenters. The Morgan fingerprint density at radius 3 is 2.28 bits per heavy atom. The van der Waals surface area contributed by atoms with Crippen molar-refractivity contribution in [3.05, 3.63) is 69.8 Å². The highest BCUT2D eigenvalue weighted by Crippen LogP contribution is 2.30. The molecule has 0 aromatic heterocycles. The lowest BCUT2D eigenvalue weighted by molar-refractivity contribution is -0.384. The molecule has 3 aliphatic rings. The maximum atomic E-state index is 13.0. The Kier molecular flexibility index (Phi) is 6.58. The first-order valence-electron chi connectivity index (χ1n) is 12.4. The molecule has 1 saturated carbocycles. The van der Waals surface area contributed by atoms with Crippen LogP contribution in [0.15, 0.2) is 48.5 Å². The smallest absolute Gasteiger partial charge is 0.324 e. The number of nitrogens with one attached hydrogen (secondary N) is 1. The van der Waals surface area contributed by atoms with E-state index in [9.17, 15) is 24.5 Å². The molecule has 2 aromatic carbocycles. The second-order valence-electron chi connectivity index (χ2n) is 9.62. The van der Waals surface area contributed by atoms with E-state index >= 15 is 0 Å². The van der Waals surface area contributed by atoms with E-state index in [4.69, 9.17) is 0 Å². The number of anilines is 1. The Morgan fingerprint density at radius 2 is 1.61 bits per heavy atom. The normalized spacial score (nSPS) is 22.2. The number of hydrogen-bond acceptors (Lipinski definition) is 6. The average molecular weight is 492 g/mol. The SMILES string of the molecule is O=C(c1ccc(CN2C(=O)NC3CCCCC3C2=O)cc1)N1CCN(c2ccc([N+](=O)[O-])cc2)CC1. The summed E-state index contributed by atoms with van der Waals surface area (Å²) in [7, 11) is 0. The molecule has 2 heterocycles. The van der Waals surface area contributed by atoms with Crippen LogP contribution in [-0.4, -0.2) is 64.8 Å². The van der Waals surface area contributed by atoms with Gasteiger partial charge in [0.15, 0.2) is 0 Å². The van der Waals surface area contributed by atoms with Gasteiger partial charge in [-0.1, -0.05) is 25.0 Å². The molecule has 2 aliphatic heterocycles. The first-order chi connectivity index (χ1) is 17.4. The summed E-state index contributed by atoms with van der Waals surface area (Å²) in [5, 5.41) is 13.8. The summed E-state index contributed by atoms with van der Waals surface area (Å²) < 4.78 is 0. The minimum absolute atomic E-state index is 0.0455. The Balaban J connectivity index is 1.17. The Bertz CT molecular complexity index is 1160. The zero-order valence-corrected chi connectivity index (χ0v) is 20.0. The van der Waals surface area contributed by atoms with Crippen molar-refractivity contribution >= 4 is 29.2 Å². The molecular formula is C26H29N5O5. The average Bonchev–Trinajstić information content (AvgIpc) is 2.91. The number of benzene rings is 2. The summed E-state index contributed by atoms with van der Waals surface area (Å²) >= 11 is 0. The van der Waals surface area contributed by atoms with Gasteiger partial charge in [-0.2, -0.15) is 0 Å². The predicted molar refractivity (Wildman–Crippen MR) is 132 cm³/mol. The third kappa shape index (κ3) is 4.75. The molecule has 0 bridgehead atoms. The van der Waals surface area contributed by atoms with Crippen LogP contribution in [0.1, 0.15) is 41.6 Å². The van der Waals surface area contributed by atoms with Gasteiger partial charge in [-0.05, 0) is 42.7 Å². The van der Waals surface area contributed by atoms with Crippen LogP contribution in [0.4, 0.5) is 16.2 Å². The zero-order chi connectivity index (χ0) is 25.2. The van der Waals surface area contributed by atoms with E-state index in [1.165, 1.54) is 17.0 Å². The highest BCUT2D eigenvalue weighted by Gasteiger charge is 2.41. The van der Waals surface area contributed by atoms with Gasteiger partial charge in [0, 0.05) is 55.6 Å². The van der Waals surface area contributed by atoms with Crippen molar-refractivity contribution in [3.8, 4) is 0 Å². The Morgan fingerprint density at radius 1 is 0.944 bits per heavy atom.